The lowest BCUT2D eigenvalue weighted by atomic mass is 9.98. The van der Waals surface area contributed by atoms with Crippen LogP contribution in [0.25, 0.3) is 0 Å². The van der Waals surface area contributed by atoms with E-state index >= 15 is 0 Å². The van der Waals surface area contributed by atoms with E-state index in [4.69, 9.17) is 4.74 Å². The molecule has 0 aromatic heterocycles. The van der Waals surface area contributed by atoms with Gasteiger partial charge in [-0.15, -0.1) is 24.0 Å². The molecule has 1 N–H and O–H groups in total. The molecule has 1 aromatic carbocycles. The molecule has 180 valence electrons. The number of unbranched alkanes of at least 4 members (excludes halogenated alkanes) is 1. The number of hydrogen-bond donors (Lipinski definition) is 1. The van der Waals surface area contributed by atoms with E-state index in [9.17, 15) is 4.79 Å². The van der Waals surface area contributed by atoms with Crippen molar-refractivity contribution < 1.29 is 9.53 Å². The summed E-state index contributed by atoms with van der Waals surface area (Å²) in [6.07, 6.45) is 4.21. The first-order valence-electron chi connectivity index (χ1n) is 11.9. The fourth-order valence-electron chi connectivity index (χ4n) is 4.48. The van der Waals surface area contributed by atoms with Gasteiger partial charge in [0.05, 0.1) is 12.5 Å². The Balaban J connectivity index is 0.00000363. The van der Waals surface area contributed by atoms with E-state index in [1.165, 1.54) is 12.1 Å². The largest absolute Gasteiger partial charge is 0.466 e. The van der Waals surface area contributed by atoms with Crippen molar-refractivity contribution in [2.24, 2.45) is 10.9 Å². The zero-order valence-corrected chi connectivity index (χ0v) is 22.0. The average molecular weight is 558 g/mol. The molecular formula is C24H40IN5O2. The third kappa shape index (κ3) is 8.10. The second-order valence-corrected chi connectivity index (χ2v) is 8.38. The van der Waals surface area contributed by atoms with Gasteiger partial charge in [0.15, 0.2) is 5.96 Å². The van der Waals surface area contributed by atoms with Crippen LogP contribution in [0.1, 0.15) is 32.6 Å². The SMILES string of the molecule is CCOC(=O)C1CCCN(C(=NC)NCCCCN2CCN(c3ccccc3)CC2)C1.I. The molecule has 8 heteroatoms. The van der Waals surface area contributed by atoms with Gasteiger partial charge in [-0.1, -0.05) is 18.2 Å². The van der Waals surface area contributed by atoms with Crippen LogP contribution in [0.5, 0.6) is 0 Å². The van der Waals surface area contributed by atoms with Crippen LogP contribution in [-0.2, 0) is 9.53 Å². The number of benzene rings is 1. The summed E-state index contributed by atoms with van der Waals surface area (Å²) < 4.78 is 5.21. The Hall–Kier alpha value is -1.55. The van der Waals surface area contributed by atoms with Crippen molar-refractivity contribution in [2.75, 3.05) is 70.9 Å². The number of rotatable bonds is 8. The number of carbonyl (C=O) groups is 1. The fraction of sp³-hybridized carbons (Fsp3) is 0.667. The van der Waals surface area contributed by atoms with Gasteiger partial charge in [0.2, 0.25) is 0 Å². The highest BCUT2D eigenvalue weighted by molar-refractivity contribution is 14.0. The summed E-state index contributed by atoms with van der Waals surface area (Å²) in [5, 5.41) is 3.49. The Bertz CT molecular complexity index is 695. The fourth-order valence-corrected chi connectivity index (χ4v) is 4.48. The number of anilines is 1. The van der Waals surface area contributed by atoms with E-state index in [0.717, 1.165) is 71.0 Å². The second kappa shape index (κ2) is 14.6. The predicted molar refractivity (Wildman–Crippen MR) is 142 cm³/mol. The quantitative estimate of drug-likeness (QED) is 0.174. The number of ether oxygens (including phenoxy) is 1. The maximum atomic E-state index is 12.1. The van der Waals surface area contributed by atoms with Crippen molar-refractivity contribution in [2.45, 2.75) is 32.6 Å². The number of nitrogens with one attached hydrogen (secondary N) is 1. The van der Waals surface area contributed by atoms with Crippen LogP contribution in [0.3, 0.4) is 0 Å². The summed E-state index contributed by atoms with van der Waals surface area (Å²) in [5.41, 5.74) is 1.33. The number of aliphatic imine (C=N–C) groups is 1. The van der Waals surface area contributed by atoms with Gasteiger partial charge in [0.1, 0.15) is 0 Å². The van der Waals surface area contributed by atoms with Crippen molar-refractivity contribution >= 4 is 41.6 Å². The number of nitrogens with zero attached hydrogens (tertiary/aromatic N) is 4. The first-order chi connectivity index (χ1) is 15.2. The summed E-state index contributed by atoms with van der Waals surface area (Å²) >= 11 is 0. The second-order valence-electron chi connectivity index (χ2n) is 8.38. The van der Waals surface area contributed by atoms with Crippen LogP contribution in [-0.4, -0.2) is 87.7 Å². The number of piperidine rings is 1. The van der Waals surface area contributed by atoms with Crippen LogP contribution in [0.4, 0.5) is 5.69 Å². The molecule has 0 amide bonds. The van der Waals surface area contributed by atoms with Gasteiger partial charge >= 0.3 is 5.97 Å². The number of esters is 1. The van der Waals surface area contributed by atoms with Crippen LogP contribution >= 0.6 is 24.0 Å². The molecule has 7 nitrogen and oxygen atoms in total. The number of para-hydroxylation sites is 1. The molecular weight excluding hydrogens is 517 g/mol. The molecule has 0 spiro atoms. The number of halogens is 1. The molecule has 2 aliphatic rings. The number of piperazine rings is 1. The zero-order valence-electron chi connectivity index (χ0n) is 19.7. The zero-order chi connectivity index (χ0) is 21.9. The van der Waals surface area contributed by atoms with Crippen LogP contribution in [0.2, 0.25) is 0 Å². The lowest BCUT2D eigenvalue weighted by Crippen LogP contribution is -2.48. The number of carbonyl (C=O) groups excluding carboxylic acids is 1. The minimum Gasteiger partial charge on any atom is -0.466 e. The van der Waals surface area contributed by atoms with Gasteiger partial charge in [0.25, 0.3) is 0 Å². The van der Waals surface area contributed by atoms with Gasteiger partial charge in [-0.25, -0.2) is 0 Å². The number of likely N-dealkylation sites (tertiary alicyclic amines) is 1. The molecule has 1 aromatic rings. The van der Waals surface area contributed by atoms with Gasteiger partial charge in [-0.3, -0.25) is 14.7 Å². The summed E-state index contributed by atoms with van der Waals surface area (Å²) in [7, 11) is 1.82. The molecule has 1 atom stereocenters. The molecule has 2 aliphatic heterocycles. The van der Waals surface area contributed by atoms with E-state index in [0.29, 0.717) is 13.2 Å². The molecule has 32 heavy (non-hydrogen) atoms. The summed E-state index contributed by atoms with van der Waals surface area (Å²) in [6.45, 7) is 10.5. The molecule has 0 saturated carbocycles. The van der Waals surface area contributed by atoms with Crippen LogP contribution in [0.15, 0.2) is 35.3 Å². The first-order valence-corrected chi connectivity index (χ1v) is 11.9. The van der Waals surface area contributed by atoms with E-state index in [1.807, 2.05) is 14.0 Å². The van der Waals surface area contributed by atoms with E-state index in [1.54, 1.807) is 0 Å². The number of guanidine groups is 1. The topological polar surface area (TPSA) is 60.4 Å². The molecule has 3 rings (SSSR count). The predicted octanol–water partition coefficient (Wildman–Crippen LogP) is 3.06. The Labute approximate surface area is 210 Å². The standard InChI is InChI=1S/C24H39N5O2.HI/c1-3-31-23(30)21-10-9-15-29(20-21)24(25-2)26-13-7-8-14-27-16-18-28(19-17-27)22-11-5-4-6-12-22;/h4-6,11-12,21H,3,7-10,13-20H2,1-2H3,(H,25,26);1H. The van der Waals surface area contributed by atoms with Crippen molar-refractivity contribution in [1.82, 2.24) is 15.1 Å². The highest BCUT2D eigenvalue weighted by Crippen LogP contribution is 2.18. The van der Waals surface area contributed by atoms with Gasteiger partial charge in [-0.05, 0) is 51.3 Å². The van der Waals surface area contributed by atoms with Gasteiger partial charge in [0, 0.05) is 58.5 Å². The third-order valence-corrected chi connectivity index (χ3v) is 6.23. The van der Waals surface area contributed by atoms with Gasteiger partial charge in [-0.2, -0.15) is 0 Å². The molecule has 2 heterocycles. The lowest BCUT2D eigenvalue weighted by molar-refractivity contribution is -0.149. The van der Waals surface area contributed by atoms with Crippen molar-refractivity contribution in [3.63, 3.8) is 0 Å². The Morgan fingerprint density at radius 2 is 1.88 bits per heavy atom. The maximum absolute atomic E-state index is 12.1. The third-order valence-electron chi connectivity index (χ3n) is 6.23. The maximum Gasteiger partial charge on any atom is 0.310 e. The minimum atomic E-state index is -0.0741. The molecule has 0 radical (unpaired) electrons. The van der Waals surface area contributed by atoms with Crippen molar-refractivity contribution in [1.29, 1.82) is 0 Å². The van der Waals surface area contributed by atoms with Crippen LogP contribution < -0.4 is 10.2 Å². The van der Waals surface area contributed by atoms with Crippen molar-refractivity contribution in [3.05, 3.63) is 30.3 Å². The monoisotopic (exact) mass is 557 g/mol. The Kier molecular flexibility index (Phi) is 12.2. The molecule has 0 aliphatic carbocycles. The van der Waals surface area contributed by atoms with E-state index < -0.39 is 0 Å². The molecule has 1 unspecified atom stereocenters. The summed E-state index contributed by atoms with van der Waals surface area (Å²) in [5.74, 6) is 0.794. The highest BCUT2D eigenvalue weighted by atomic mass is 127. The Morgan fingerprint density at radius 1 is 1.12 bits per heavy atom. The van der Waals surface area contributed by atoms with E-state index in [2.05, 4.69) is 55.3 Å². The Morgan fingerprint density at radius 3 is 2.56 bits per heavy atom. The van der Waals surface area contributed by atoms with E-state index in [-0.39, 0.29) is 35.9 Å². The highest BCUT2D eigenvalue weighted by Gasteiger charge is 2.28. The minimum absolute atomic E-state index is 0. The normalized spacial score (nSPS) is 19.9. The summed E-state index contributed by atoms with van der Waals surface area (Å²) in [6, 6.07) is 10.7. The first kappa shape index (κ1) is 26.7. The van der Waals surface area contributed by atoms with Crippen molar-refractivity contribution in [3.8, 4) is 0 Å². The lowest BCUT2D eigenvalue weighted by Gasteiger charge is -2.36. The average Bonchev–Trinajstić information content (AvgIpc) is 2.82. The molecule has 0 bridgehead atoms. The number of hydrogen-bond acceptors (Lipinski definition) is 5. The van der Waals surface area contributed by atoms with Gasteiger partial charge < -0.3 is 19.9 Å². The summed E-state index contributed by atoms with van der Waals surface area (Å²) in [4.78, 5) is 23.8. The molecule has 2 saturated heterocycles. The smallest absolute Gasteiger partial charge is 0.310 e. The molecule has 2 fully saturated rings. The van der Waals surface area contributed by atoms with Crippen LogP contribution in [0, 0.1) is 5.92 Å².